The van der Waals surface area contributed by atoms with E-state index in [9.17, 15) is 28.4 Å². The van der Waals surface area contributed by atoms with Crippen molar-refractivity contribution >= 4 is 51.8 Å². The molecule has 0 radical (unpaired) electrons. The number of hydrogen-bond donors (Lipinski definition) is 3. The number of nitrogens with one attached hydrogen (secondary N) is 3. The predicted octanol–water partition coefficient (Wildman–Crippen LogP) is 5.88. The fourth-order valence-corrected chi connectivity index (χ4v) is 8.43. The lowest BCUT2D eigenvalue weighted by molar-refractivity contribution is -0.136. The molecule has 2 fully saturated rings. The van der Waals surface area contributed by atoms with Gasteiger partial charge in [0, 0.05) is 41.8 Å². The summed E-state index contributed by atoms with van der Waals surface area (Å²) in [5.74, 6) is -1.31. The Labute approximate surface area is 365 Å². The van der Waals surface area contributed by atoms with Crippen LogP contribution in [0.1, 0.15) is 77.6 Å². The van der Waals surface area contributed by atoms with Gasteiger partial charge in [-0.3, -0.25) is 39.2 Å². The lowest BCUT2D eigenvalue weighted by Gasteiger charge is -2.32. The minimum Gasteiger partial charge on any atom is -0.491 e. The number of pyridine rings is 1. The molecule has 334 valence electrons. The van der Waals surface area contributed by atoms with Crippen molar-refractivity contribution < 1.29 is 52.0 Å². The first-order valence-corrected chi connectivity index (χ1v) is 21.6. The number of nitrogens with zero attached hydrogens (tertiary/aromatic N) is 2. The summed E-state index contributed by atoms with van der Waals surface area (Å²) in [6, 6.07) is 17.9. The van der Waals surface area contributed by atoms with Gasteiger partial charge in [-0.05, 0) is 110 Å². The topological polar surface area (TPSA) is 184 Å². The van der Waals surface area contributed by atoms with E-state index in [0.717, 1.165) is 47.0 Å². The van der Waals surface area contributed by atoms with Gasteiger partial charge in [0.2, 0.25) is 17.7 Å². The Morgan fingerprint density at radius 1 is 0.810 bits per heavy atom. The van der Waals surface area contributed by atoms with Crippen molar-refractivity contribution in [2.75, 3.05) is 76.6 Å². The monoisotopic (exact) mass is 867 g/mol. The van der Waals surface area contributed by atoms with Crippen molar-refractivity contribution in [2.24, 2.45) is 11.8 Å². The molecular formula is C47H54FN5O10. The van der Waals surface area contributed by atoms with Crippen LogP contribution in [0.25, 0.3) is 10.9 Å². The van der Waals surface area contributed by atoms with Crippen molar-refractivity contribution in [1.29, 1.82) is 0 Å². The normalized spacial score (nSPS) is 19.2. The van der Waals surface area contributed by atoms with Crippen LogP contribution in [0.5, 0.6) is 5.75 Å². The molecule has 1 unspecified atom stereocenters. The molecule has 4 aromatic rings. The Bertz CT molecular complexity index is 2250. The van der Waals surface area contributed by atoms with Crippen LogP contribution in [-0.2, 0) is 33.3 Å². The number of benzene rings is 3. The summed E-state index contributed by atoms with van der Waals surface area (Å²) in [7, 11) is 0. The molecule has 3 aliphatic rings. The molecule has 1 saturated carbocycles. The first-order valence-electron chi connectivity index (χ1n) is 21.6. The van der Waals surface area contributed by atoms with Gasteiger partial charge in [-0.2, -0.15) is 0 Å². The highest BCUT2D eigenvalue weighted by Gasteiger charge is 2.45. The number of carbonyl (C=O) groups excluding carboxylic acids is 5. The summed E-state index contributed by atoms with van der Waals surface area (Å²) in [5.41, 5.74) is 3.55. The van der Waals surface area contributed by atoms with E-state index in [2.05, 4.69) is 20.9 Å². The summed E-state index contributed by atoms with van der Waals surface area (Å²) in [6.07, 6.45) is 5.72. The number of hydrogen-bond acceptors (Lipinski definition) is 12. The Morgan fingerprint density at radius 2 is 1.49 bits per heavy atom. The van der Waals surface area contributed by atoms with Crippen LogP contribution in [0, 0.1) is 17.7 Å². The second-order valence-corrected chi connectivity index (χ2v) is 15.9. The van der Waals surface area contributed by atoms with E-state index in [1.165, 1.54) is 6.07 Å². The SMILES string of the molecule is C[C@@H](C(=O)Nc1ccc(OCCOCCOCCOCCOCCNc2cccc3c2C(=O)N(C2CCC(=O)NC2=O)C3=O)cc1)C1CCC(c2ccnc3ccc(F)cc23)CC1. The molecule has 3 N–H and O–H groups in total. The minimum absolute atomic E-state index is 0.000979. The number of ether oxygens (including phenoxy) is 5. The predicted molar refractivity (Wildman–Crippen MR) is 231 cm³/mol. The van der Waals surface area contributed by atoms with Gasteiger partial charge < -0.3 is 34.3 Å². The lowest BCUT2D eigenvalue weighted by atomic mass is 9.73. The van der Waals surface area contributed by atoms with E-state index < -0.39 is 29.7 Å². The number of anilines is 2. The van der Waals surface area contributed by atoms with Crippen molar-refractivity contribution in [1.82, 2.24) is 15.2 Å². The van der Waals surface area contributed by atoms with Crippen molar-refractivity contribution in [3.8, 4) is 5.75 Å². The molecule has 16 heteroatoms. The molecule has 7 rings (SSSR count). The Balaban J connectivity index is 0.678. The fraction of sp³-hybridized carbons (Fsp3) is 0.447. The van der Waals surface area contributed by atoms with Gasteiger partial charge in [0.1, 0.15) is 24.2 Å². The molecule has 2 aliphatic heterocycles. The summed E-state index contributed by atoms with van der Waals surface area (Å²) in [5, 5.41) is 9.27. The molecular weight excluding hydrogens is 814 g/mol. The number of amides is 5. The smallest absolute Gasteiger partial charge is 0.264 e. The average Bonchev–Trinajstić information content (AvgIpc) is 3.55. The second kappa shape index (κ2) is 22.0. The van der Waals surface area contributed by atoms with Crippen LogP contribution in [0.15, 0.2) is 72.9 Å². The maximum absolute atomic E-state index is 14.0. The summed E-state index contributed by atoms with van der Waals surface area (Å²) < 4.78 is 42.1. The summed E-state index contributed by atoms with van der Waals surface area (Å²) >= 11 is 0. The zero-order valence-corrected chi connectivity index (χ0v) is 35.4. The van der Waals surface area contributed by atoms with Crippen LogP contribution in [0.3, 0.4) is 0 Å². The third-order valence-corrected chi connectivity index (χ3v) is 11.8. The van der Waals surface area contributed by atoms with Crippen LogP contribution in [-0.4, -0.2) is 111 Å². The molecule has 15 nitrogen and oxygen atoms in total. The molecule has 1 aliphatic carbocycles. The molecule has 63 heavy (non-hydrogen) atoms. The number of rotatable bonds is 22. The Hall–Kier alpha value is -5.81. The summed E-state index contributed by atoms with van der Waals surface area (Å²) in [4.78, 5) is 68.6. The van der Waals surface area contributed by atoms with E-state index in [4.69, 9.17) is 23.7 Å². The quantitative estimate of drug-likeness (QED) is 0.0631. The van der Waals surface area contributed by atoms with Crippen molar-refractivity contribution in [3.05, 3.63) is 95.4 Å². The molecule has 0 bridgehead atoms. The second-order valence-electron chi connectivity index (χ2n) is 15.9. The molecule has 3 aromatic carbocycles. The molecule has 3 heterocycles. The molecule has 1 saturated heterocycles. The number of carbonyl (C=O) groups is 5. The Morgan fingerprint density at radius 3 is 2.19 bits per heavy atom. The van der Waals surface area contributed by atoms with Crippen molar-refractivity contribution in [2.45, 2.75) is 57.4 Å². The van der Waals surface area contributed by atoms with Gasteiger partial charge in [0.25, 0.3) is 11.8 Å². The fourth-order valence-electron chi connectivity index (χ4n) is 8.43. The maximum atomic E-state index is 14.0. The van der Waals surface area contributed by atoms with Gasteiger partial charge in [-0.15, -0.1) is 0 Å². The van der Waals surface area contributed by atoms with Gasteiger partial charge in [-0.1, -0.05) is 13.0 Å². The highest BCUT2D eigenvalue weighted by Crippen LogP contribution is 2.41. The number of imide groups is 2. The first-order chi connectivity index (χ1) is 30.7. The van der Waals surface area contributed by atoms with E-state index in [1.807, 2.05) is 37.3 Å². The highest BCUT2D eigenvalue weighted by molar-refractivity contribution is 6.25. The zero-order valence-electron chi connectivity index (χ0n) is 35.4. The molecule has 0 spiro atoms. The van der Waals surface area contributed by atoms with E-state index in [0.29, 0.717) is 89.0 Å². The van der Waals surface area contributed by atoms with Crippen LogP contribution >= 0.6 is 0 Å². The maximum Gasteiger partial charge on any atom is 0.264 e. The molecule has 1 aromatic heterocycles. The van der Waals surface area contributed by atoms with Crippen LogP contribution < -0.4 is 20.7 Å². The average molecular weight is 868 g/mol. The molecule has 2 atom stereocenters. The lowest BCUT2D eigenvalue weighted by Crippen LogP contribution is -2.54. The number of halogens is 1. The van der Waals surface area contributed by atoms with Gasteiger partial charge in [-0.25, -0.2) is 4.39 Å². The van der Waals surface area contributed by atoms with E-state index >= 15 is 0 Å². The van der Waals surface area contributed by atoms with Gasteiger partial charge in [0.05, 0.1) is 69.5 Å². The number of piperidine rings is 1. The molecule has 5 amide bonds. The van der Waals surface area contributed by atoms with E-state index in [1.54, 1.807) is 36.5 Å². The van der Waals surface area contributed by atoms with E-state index in [-0.39, 0.29) is 47.5 Å². The Kier molecular flexibility index (Phi) is 15.8. The van der Waals surface area contributed by atoms with Crippen LogP contribution in [0.2, 0.25) is 0 Å². The van der Waals surface area contributed by atoms with Crippen molar-refractivity contribution in [3.63, 3.8) is 0 Å². The third-order valence-electron chi connectivity index (χ3n) is 11.8. The van der Waals surface area contributed by atoms with Gasteiger partial charge in [0.15, 0.2) is 0 Å². The summed E-state index contributed by atoms with van der Waals surface area (Å²) in [6.45, 7) is 5.79. The van der Waals surface area contributed by atoms with Gasteiger partial charge >= 0.3 is 0 Å². The number of aromatic nitrogens is 1. The third kappa shape index (κ3) is 11.6. The largest absolute Gasteiger partial charge is 0.491 e. The zero-order chi connectivity index (χ0) is 44.1. The minimum atomic E-state index is -1.02. The highest BCUT2D eigenvalue weighted by atomic mass is 19.1. The number of fused-ring (bicyclic) bond motifs is 2. The van der Waals surface area contributed by atoms with Crippen LogP contribution in [0.4, 0.5) is 15.8 Å². The standard InChI is InChI=1S/C47H54FN5O10/c1-30(31-5-7-32(8-6-31)36-17-18-49-39-14-9-33(48)29-38(36)39)44(55)51-34-10-12-35(13-11-34)63-28-27-62-26-25-61-24-23-60-22-21-59-20-19-50-40-4-2-3-37-43(40)47(58)53(46(37)57)41-15-16-42(54)52-45(41)56/h2-4,9-14,17-18,29-32,41,50H,5-8,15-16,19-28H2,1H3,(H,51,55)(H,52,54,56)/t30-,31?,32?,41?/m1/s1. The first kappa shape index (κ1) is 45.2.